The van der Waals surface area contributed by atoms with Crippen molar-refractivity contribution >= 4 is 0 Å². The summed E-state index contributed by atoms with van der Waals surface area (Å²) in [5.74, 6) is 0. The molecule has 2 N–H and O–H groups in total. The number of ether oxygens (including phenoxy) is 1. The van der Waals surface area contributed by atoms with E-state index in [-0.39, 0.29) is 6.04 Å². The minimum absolute atomic E-state index is 0.195. The van der Waals surface area contributed by atoms with Gasteiger partial charge >= 0.3 is 0 Å². The molecule has 3 rings (SSSR count). The van der Waals surface area contributed by atoms with E-state index in [1.54, 1.807) is 0 Å². The Hall–Kier alpha value is -0.800. The molecule has 2 aliphatic rings. The molecule has 0 saturated carbocycles. The van der Waals surface area contributed by atoms with Gasteiger partial charge in [-0.1, -0.05) is 13.8 Å². The average molecular weight is 276 g/mol. The molecule has 20 heavy (non-hydrogen) atoms. The molecule has 1 aromatic rings. The van der Waals surface area contributed by atoms with Crippen LogP contribution in [0, 0.1) is 12.3 Å². The molecule has 3 nitrogen and oxygen atoms in total. The van der Waals surface area contributed by atoms with Gasteiger partial charge in [-0.2, -0.15) is 0 Å². The van der Waals surface area contributed by atoms with Gasteiger partial charge in [0.1, 0.15) is 0 Å². The van der Waals surface area contributed by atoms with E-state index in [4.69, 9.17) is 10.5 Å². The summed E-state index contributed by atoms with van der Waals surface area (Å²) in [6.45, 7) is 8.81. The first kappa shape index (κ1) is 14.2. The number of aromatic nitrogens is 1. The molecule has 1 saturated heterocycles. The topological polar surface area (TPSA) is 40.2 Å². The molecule has 0 radical (unpaired) electrons. The molecule has 1 aliphatic heterocycles. The fraction of sp³-hybridized carbons (Fsp3) is 0.765. The minimum atomic E-state index is 0.195. The van der Waals surface area contributed by atoms with Gasteiger partial charge in [0.05, 0.1) is 6.10 Å². The lowest BCUT2D eigenvalue weighted by Crippen LogP contribution is -2.32. The van der Waals surface area contributed by atoms with Crippen molar-refractivity contribution in [2.24, 2.45) is 11.1 Å². The van der Waals surface area contributed by atoms with Crippen LogP contribution in [0.25, 0.3) is 0 Å². The number of nitrogens with two attached hydrogens (primary N) is 1. The zero-order valence-electron chi connectivity index (χ0n) is 13.1. The number of rotatable bonds is 2. The number of aryl methyl sites for hydroxylation is 1. The van der Waals surface area contributed by atoms with Gasteiger partial charge < -0.3 is 15.0 Å². The monoisotopic (exact) mass is 276 g/mol. The van der Waals surface area contributed by atoms with Crippen LogP contribution in [-0.2, 0) is 17.7 Å². The van der Waals surface area contributed by atoms with Crippen molar-refractivity contribution in [3.05, 3.63) is 23.0 Å². The summed E-state index contributed by atoms with van der Waals surface area (Å²) in [4.78, 5) is 0. The third kappa shape index (κ3) is 2.66. The van der Waals surface area contributed by atoms with Crippen molar-refractivity contribution in [1.29, 1.82) is 0 Å². The Morgan fingerprint density at radius 2 is 2.20 bits per heavy atom. The Kier molecular flexibility index (Phi) is 3.67. The Balaban J connectivity index is 1.88. The second kappa shape index (κ2) is 5.19. The van der Waals surface area contributed by atoms with Crippen LogP contribution in [0.2, 0.25) is 0 Å². The maximum Gasteiger partial charge on any atom is 0.0754 e. The van der Waals surface area contributed by atoms with Crippen molar-refractivity contribution < 1.29 is 4.74 Å². The summed E-state index contributed by atoms with van der Waals surface area (Å²) in [5.41, 5.74) is 10.9. The van der Waals surface area contributed by atoms with E-state index >= 15 is 0 Å². The van der Waals surface area contributed by atoms with E-state index in [0.717, 1.165) is 26.0 Å². The molecule has 0 amide bonds. The molecule has 1 fully saturated rings. The highest BCUT2D eigenvalue weighted by Crippen LogP contribution is 2.41. The second-order valence-electron chi connectivity index (χ2n) is 7.44. The Bertz CT molecular complexity index is 483. The van der Waals surface area contributed by atoms with Gasteiger partial charge in [0.15, 0.2) is 0 Å². The summed E-state index contributed by atoms with van der Waals surface area (Å²) in [7, 11) is 0. The zero-order valence-corrected chi connectivity index (χ0v) is 13.1. The average Bonchev–Trinajstić information content (AvgIpc) is 2.67. The third-order valence-electron chi connectivity index (χ3n) is 4.93. The van der Waals surface area contributed by atoms with Crippen LogP contribution in [0.15, 0.2) is 6.07 Å². The van der Waals surface area contributed by atoms with Gasteiger partial charge in [-0.05, 0) is 56.1 Å². The molecule has 2 unspecified atom stereocenters. The number of nitrogens with zero attached hydrogens (tertiary/aromatic N) is 1. The van der Waals surface area contributed by atoms with E-state index in [1.165, 1.54) is 36.2 Å². The van der Waals surface area contributed by atoms with Crippen molar-refractivity contribution in [3.63, 3.8) is 0 Å². The molecule has 2 atom stereocenters. The van der Waals surface area contributed by atoms with Gasteiger partial charge in [0, 0.05) is 30.6 Å². The van der Waals surface area contributed by atoms with Gasteiger partial charge in [0.2, 0.25) is 0 Å². The first-order chi connectivity index (χ1) is 9.46. The van der Waals surface area contributed by atoms with Crippen LogP contribution >= 0.6 is 0 Å². The number of fused-ring (bicyclic) bond motifs is 1. The van der Waals surface area contributed by atoms with Crippen LogP contribution in [0.3, 0.4) is 0 Å². The van der Waals surface area contributed by atoms with E-state index < -0.39 is 0 Å². The predicted octanol–water partition coefficient (Wildman–Crippen LogP) is 3.34. The lowest BCUT2D eigenvalue weighted by atomic mass is 9.74. The highest BCUT2D eigenvalue weighted by molar-refractivity contribution is 5.34. The predicted molar refractivity (Wildman–Crippen MR) is 81.8 cm³/mol. The normalized spacial score (nSPS) is 29.2. The summed E-state index contributed by atoms with van der Waals surface area (Å²) in [6.07, 6.45) is 6.33. The first-order valence-electron chi connectivity index (χ1n) is 8.02. The van der Waals surface area contributed by atoms with Gasteiger partial charge in [0.25, 0.3) is 0 Å². The minimum Gasteiger partial charge on any atom is -0.376 e. The van der Waals surface area contributed by atoms with Crippen molar-refractivity contribution in [2.75, 3.05) is 6.61 Å². The standard InChI is InChI=1S/C17H28N2O/c1-12-8-14-15(18)9-17(2,3)10-16(14)19(12)11-13-6-4-5-7-20-13/h8,13,15H,4-7,9-11,18H2,1-3H3. The summed E-state index contributed by atoms with van der Waals surface area (Å²) in [5, 5.41) is 0. The molecular formula is C17H28N2O. The van der Waals surface area contributed by atoms with Crippen molar-refractivity contribution in [1.82, 2.24) is 4.57 Å². The molecule has 3 heteroatoms. The fourth-order valence-corrected chi connectivity index (χ4v) is 3.91. The van der Waals surface area contributed by atoms with Crippen LogP contribution in [-0.4, -0.2) is 17.3 Å². The smallest absolute Gasteiger partial charge is 0.0754 e. The summed E-state index contributed by atoms with van der Waals surface area (Å²) < 4.78 is 8.40. The van der Waals surface area contributed by atoms with Gasteiger partial charge in [-0.3, -0.25) is 0 Å². The molecule has 112 valence electrons. The van der Waals surface area contributed by atoms with Crippen LogP contribution in [0.1, 0.15) is 62.5 Å². The number of hydrogen-bond acceptors (Lipinski definition) is 2. The van der Waals surface area contributed by atoms with Crippen molar-refractivity contribution in [3.8, 4) is 0 Å². The van der Waals surface area contributed by atoms with Crippen LogP contribution in [0.5, 0.6) is 0 Å². The maximum atomic E-state index is 6.39. The van der Waals surface area contributed by atoms with E-state index in [1.807, 2.05) is 0 Å². The van der Waals surface area contributed by atoms with E-state index in [2.05, 4.69) is 31.4 Å². The molecular weight excluding hydrogens is 248 g/mol. The van der Waals surface area contributed by atoms with Crippen molar-refractivity contribution in [2.45, 2.75) is 71.6 Å². The quantitative estimate of drug-likeness (QED) is 0.900. The maximum absolute atomic E-state index is 6.39. The summed E-state index contributed by atoms with van der Waals surface area (Å²) >= 11 is 0. The van der Waals surface area contributed by atoms with Crippen LogP contribution in [0.4, 0.5) is 0 Å². The van der Waals surface area contributed by atoms with Crippen LogP contribution < -0.4 is 5.73 Å². The molecule has 0 bridgehead atoms. The van der Waals surface area contributed by atoms with Gasteiger partial charge in [-0.15, -0.1) is 0 Å². The van der Waals surface area contributed by atoms with E-state index in [9.17, 15) is 0 Å². The fourth-order valence-electron chi connectivity index (χ4n) is 3.91. The Morgan fingerprint density at radius 3 is 2.90 bits per heavy atom. The first-order valence-corrected chi connectivity index (χ1v) is 8.02. The molecule has 1 aromatic heterocycles. The highest BCUT2D eigenvalue weighted by Gasteiger charge is 2.33. The van der Waals surface area contributed by atoms with E-state index in [0.29, 0.717) is 11.5 Å². The Morgan fingerprint density at radius 1 is 1.40 bits per heavy atom. The number of hydrogen-bond donors (Lipinski definition) is 1. The zero-order chi connectivity index (χ0) is 14.3. The highest BCUT2D eigenvalue weighted by atomic mass is 16.5. The lowest BCUT2D eigenvalue weighted by Gasteiger charge is -2.35. The summed E-state index contributed by atoms with van der Waals surface area (Å²) in [6, 6.07) is 2.50. The largest absolute Gasteiger partial charge is 0.376 e. The second-order valence-corrected chi connectivity index (χ2v) is 7.44. The molecule has 2 heterocycles. The molecule has 1 aliphatic carbocycles. The third-order valence-corrected chi connectivity index (χ3v) is 4.93. The SMILES string of the molecule is Cc1cc2c(n1CC1CCCCO1)CC(C)(C)CC2N. The lowest BCUT2D eigenvalue weighted by molar-refractivity contribution is 0.00500. The molecule has 0 aromatic carbocycles. The Labute approximate surface area is 122 Å². The molecule has 0 spiro atoms. The van der Waals surface area contributed by atoms with Gasteiger partial charge in [-0.25, -0.2) is 0 Å².